The molecule has 1 saturated heterocycles. The molecule has 7 nitrogen and oxygen atoms in total. The van der Waals surface area contributed by atoms with Gasteiger partial charge in [-0.1, -0.05) is 18.2 Å². The number of aromatic nitrogens is 2. The summed E-state index contributed by atoms with van der Waals surface area (Å²) in [6.45, 7) is 5.49. The second-order valence-electron chi connectivity index (χ2n) is 8.17. The smallest absolute Gasteiger partial charge is 0.274 e. The van der Waals surface area contributed by atoms with Crippen LogP contribution in [0, 0.1) is 0 Å². The van der Waals surface area contributed by atoms with Gasteiger partial charge < -0.3 is 15.0 Å². The number of carbonyl (C=O) groups is 1. The number of nitrogens with one attached hydrogen (secondary N) is 1. The van der Waals surface area contributed by atoms with Crippen molar-refractivity contribution in [1.82, 2.24) is 15.1 Å². The van der Waals surface area contributed by atoms with Gasteiger partial charge in [0, 0.05) is 30.2 Å². The molecule has 1 aliphatic rings. The van der Waals surface area contributed by atoms with Crippen LogP contribution in [0.5, 0.6) is 5.75 Å². The number of nitrogens with zero attached hydrogens (tertiary/aromatic N) is 3. The topological polar surface area (TPSA) is 76.5 Å². The number of hydrogen-bond acceptors (Lipinski definition) is 5. The van der Waals surface area contributed by atoms with Gasteiger partial charge in [-0.3, -0.25) is 9.59 Å². The zero-order chi connectivity index (χ0) is 22.0. The predicted molar refractivity (Wildman–Crippen MR) is 122 cm³/mol. The van der Waals surface area contributed by atoms with Crippen molar-refractivity contribution in [2.24, 2.45) is 0 Å². The number of amides is 1. The summed E-state index contributed by atoms with van der Waals surface area (Å²) in [6.07, 6.45) is 1.69. The summed E-state index contributed by atoms with van der Waals surface area (Å²) in [5.41, 5.74) is 1.29. The normalized spacial score (nSPS) is 14.8. The van der Waals surface area contributed by atoms with Crippen LogP contribution in [-0.4, -0.2) is 41.9 Å². The summed E-state index contributed by atoms with van der Waals surface area (Å²) in [5, 5.41) is 8.67. The SMILES string of the molecule is COc1ccc(N2CCC(NC(=O)c3nn(C(C)C)c(=O)c4ccccc34)CC2)cc1. The van der Waals surface area contributed by atoms with E-state index in [4.69, 9.17) is 4.74 Å². The number of carbonyl (C=O) groups excluding carboxylic acids is 1. The highest BCUT2D eigenvalue weighted by atomic mass is 16.5. The Bertz CT molecular complexity index is 1130. The summed E-state index contributed by atoms with van der Waals surface area (Å²) in [5.74, 6) is 0.613. The van der Waals surface area contributed by atoms with Crippen LogP contribution in [-0.2, 0) is 0 Å². The monoisotopic (exact) mass is 420 g/mol. The molecule has 0 unspecified atom stereocenters. The first-order valence-corrected chi connectivity index (χ1v) is 10.7. The van der Waals surface area contributed by atoms with Crippen LogP contribution in [0.25, 0.3) is 10.8 Å². The van der Waals surface area contributed by atoms with Gasteiger partial charge in [0.15, 0.2) is 5.69 Å². The van der Waals surface area contributed by atoms with Crippen molar-refractivity contribution < 1.29 is 9.53 Å². The first kappa shape index (κ1) is 20.9. The van der Waals surface area contributed by atoms with Crippen LogP contribution in [0.3, 0.4) is 0 Å². The minimum atomic E-state index is -0.228. The Kier molecular flexibility index (Phi) is 5.93. The number of hydrogen-bond donors (Lipinski definition) is 1. The quantitative estimate of drug-likeness (QED) is 0.685. The number of methoxy groups -OCH3 is 1. The Hall–Kier alpha value is -3.35. The lowest BCUT2D eigenvalue weighted by molar-refractivity contribution is 0.0925. The fraction of sp³-hybridized carbons (Fsp3) is 0.375. The van der Waals surface area contributed by atoms with E-state index < -0.39 is 0 Å². The largest absolute Gasteiger partial charge is 0.497 e. The molecule has 1 aliphatic heterocycles. The average molecular weight is 421 g/mol. The number of piperidine rings is 1. The summed E-state index contributed by atoms with van der Waals surface area (Å²) < 4.78 is 6.62. The zero-order valence-electron chi connectivity index (χ0n) is 18.2. The van der Waals surface area contributed by atoms with E-state index in [2.05, 4.69) is 27.4 Å². The molecular formula is C24H28N4O3. The number of fused-ring (bicyclic) bond motifs is 1. The van der Waals surface area contributed by atoms with Gasteiger partial charge in [-0.15, -0.1) is 0 Å². The number of anilines is 1. The van der Waals surface area contributed by atoms with E-state index in [-0.39, 0.29) is 23.6 Å². The highest BCUT2D eigenvalue weighted by molar-refractivity contribution is 6.04. The lowest BCUT2D eigenvalue weighted by atomic mass is 10.0. The molecule has 1 aromatic heterocycles. The highest BCUT2D eigenvalue weighted by Crippen LogP contribution is 2.23. The van der Waals surface area contributed by atoms with Crippen LogP contribution >= 0.6 is 0 Å². The molecule has 1 fully saturated rings. The first-order valence-electron chi connectivity index (χ1n) is 10.7. The zero-order valence-corrected chi connectivity index (χ0v) is 18.2. The second kappa shape index (κ2) is 8.79. The van der Waals surface area contributed by atoms with E-state index in [1.54, 1.807) is 19.2 Å². The molecular weight excluding hydrogens is 392 g/mol. The standard InChI is InChI=1S/C24H28N4O3/c1-16(2)28-24(30)21-7-5-4-6-20(21)22(26-28)23(29)25-17-12-14-27(15-13-17)18-8-10-19(31-3)11-9-18/h4-11,16-17H,12-15H2,1-3H3,(H,25,29). The second-order valence-corrected chi connectivity index (χ2v) is 8.17. The van der Waals surface area contributed by atoms with Crippen LogP contribution in [0.4, 0.5) is 5.69 Å². The van der Waals surface area contributed by atoms with Gasteiger partial charge in [-0.25, -0.2) is 4.68 Å². The third-order valence-electron chi connectivity index (χ3n) is 5.80. The fourth-order valence-electron chi connectivity index (χ4n) is 4.05. The van der Waals surface area contributed by atoms with Gasteiger partial charge in [0.25, 0.3) is 11.5 Å². The highest BCUT2D eigenvalue weighted by Gasteiger charge is 2.24. The number of benzene rings is 2. The van der Waals surface area contributed by atoms with Gasteiger partial charge in [0.2, 0.25) is 0 Å². The minimum absolute atomic E-state index is 0.0713. The van der Waals surface area contributed by atoms with Gasteiger partial charge in [-0.2, -0.15) is 5.10 Å². The molecule has 0 bridgehead atoms. The Morgan fingerprint density at radius 1 is 1.06 bits per heavy atom. The van der Waals surface area contributed by atoms with Crippen molar-refractivity contribution in [2.75, 3.05) is 25.1 Å². The Balaban J connectivity index is 1.48. The van der Waals surface area contributed by atoms with Crippen molar-refractivity contribution in [3.8, 4) is 5.75 Å². The summed E-state index contributed by atoms with van der Waals surface area (Å²) in [4.78, 5) is 28.1. The van der Waals surface area contributed by atoms with Crippen molar-refractivity contribution in [3.05, 3.63) is 64.6 Å². The maximum Gasteiger partial charge on any atom is 0.274 e. The van der Waals surface area contributed by atoms with Crippen molar-refractivity contribution >= 4 is 22.4 Å². The van der Waals surface area contributed by atoms with Crippen molar-refractivity contribution in [2.45, 2.75) is 38.8 Å². The third-order valence-corrected chi connectivity index (χ3v) is 5.80. The Morgan fingerprint density at radius 2 is 1.71 bits per heavy atom. The molecule has 0 atom stereocenters. The van der Waals surface area contributed by atoms with Crippen molar-refractivity contribution in [1.29, 1.82) is 0 Å². The minimum Gasteiger partial charge on any atom is -0.497 e. The van der Waals surface area contributed by atoms with Gasteiger partial charge in [-0.05, 0) is 57.0 Å². The Morgan fingerprint density at radius 3 is 2.32 bits per heavy atom. The van der Waals surface area contributed by atoms with Crippen LogP contribution < -0.4 is 20.5 Å². The van der Waals surface area contributed by atoms with E-state index in [1.807, 2.05) is 38.1 Å². The van der Waals surface area contributed by atoms with Gasteiger partial charge >= 0.3 is 0 Å². The van der Waals surface area contributed by atoms with Crippen LogP contribution in [0.15, 0.2) is 53.3 Å². The predicted octanol–water partition coefficient (Wildman–Crippen LogP) is 3.38. The molecule has 31 heavy (non-hydrogen) atoms. The number of rotatable bonds is 5. The molecule has 0 radical (unpaired) electrons. The van der Waals surface area contributed by atoms with Crippen molar-refractivity contribution in [3.63, 3.8) is 0 Å². The van der Waals surface area contributed by atoms with Crippen LogP contribution in [0.1, 0.15) is 43.2 Å². The molecule has 3 aromatic rings. The number of ether oxygens (including phenoxy) is 1. The molecule has 0 aliphatic carbocycles. The van der Waals surface area contributed by atoms with Crippen LogP contribution in [0.2, 0.25) is 0 Å². The fourth-order valence-corrected chi connectivity index (χ4v) is 4.05. The molecule has 1 amide bonds. The van der Waals surface area contributed by atoms with Gasteiger partial charge in [0.05, 0.1) is 18.5 Å². The summed E-state index contributed by atoms with van der Waals surface area (Å²) >= 11 is 0. The average Bonchev–Trinajstić information content (AvgIpc) is 2.80. The van der Waals surface area contributed by atoms with E-state index >= 15 is 0 Å². The van der Waals surface area contributed by atoms with E-state index in [1.165, 1.54) is 4.68 Å². The van der Waals surface area contributed by atoms with E-state index in [9.17, 15) is 9.59 Å². The molecule has 2 heterocycles. The lowest BCUT2D eigenvalue weighted by Crippen LogP contribution is -2.45. The summed E-state index contributed by atoms with van der Waals surface area (Å²) in [7, 11) is 1.66. The molecule has 4 rings (SSSR count). The molecule has 1 N–H and O–H groups in total. The van der Waals surface area contributed by atoms with Gasteiger partial charge in [0.1, 0.15) is 5.75 Å². The third kappa shape index (κ3) is 4.26. The maximum absolute atomic E-state index is 13.1. The molecule has 0 saturated carbocycles. The molecule has 2 aromatic carbocycles. The molecule has 162 valence electrons. The molecule has 7 heteroatoms. The summed E-state index contributed by atoms with van der Waals surface area (Å²) in [6, 6.07) is 15.2. The maximum atomic E-state index is 13.1. The van der Waals surface area contributed by atoms with E-state index in [0.717, 1.165) is 37.4 Å². The lowest BCUT2D eigenvalue weighted by Gasteiger charge is -2.34. The molecule has 0 spiro atoms. The van der Waals surface area contributed by atoms with E-state index in [0.29, 0.717) is 16.5 Å². The first-order chi connectivity index (χ1) is 15.0. The Labute approximate surface area is 181 Å².